The van der Waals surface area contributed by atoms with E-state index in [0.29, 0.717) is 12.3 Å². The van der Waals surface area contributed by atoms with E-state index >= 15 is 0 Å². The quantitative estimate of drug-likeness (QED) is 0.818. The Labute approximate surface area is 177 Å². The van der Waals surface area contributed by atoms with Gasteiger partial charge in [-0.3, -0.25) is 9.59 Å². The molecule has 0 aromatic heterocycles. The van der Waals surface area contributed by atoms with Crippen molar-refractivity contribution in [3.05, 3.63) is 48.0 Å². The van der Waals surface area contributed by atoms with Crippen LogP contribution in [-0.2, 0) is 9.59 Å². The molecule has 0 bridgehead atoms. The van der Waals surface area contributed by atoms with Crippen LogP contribution in [0.2, 0.25) is 0 Å². The maximum absolute atomic E-state index is 12.8. The van der Waals surface area contributed by atoms with Crippen molar-refractivity contribution >= 4 is 28.9 Å². The van der Waals surface area contributed by atoms with Gasteiger partial charge in [0.15, 0.2) is 0 Å². The molecule has 6 heteroatoms. The van der Waals surface area contributed by atoms with E-state index in [1.165, 1.54) is 12.1 Å². The first kappa shape index (κ1) is 20.3. The Morgan fingerprint density at radius 3 is 2.57 bits per heavy atom. The molecule has 0 aliphatic carbocycles. The first-order valence-electron chi connectivity index (χ1n) is 10.6. The third-order valence-electron chi connectivity index (χ3n) is 6.04. The summed E-state index contributed by atoms with van der Waals surface area (Å²) in [5.74, 6) is 0.792. The molecule has 2 unspecified atom stereocenters. The van der Waals surface area contributed by atoms with E-state index in [1.54, 1.807) is 12.0 Å². The highest BCUT2D eigenvalue weighted by Gasteiger charge is 2.36. The van der Waals surface area contributed by atoms with Crippen LogP contribution in [-0.4, -0.2) is 38.6 Å². The number of carbonyl (C=O) groups excluding carboxylic acids is 2. The third-order valence-corrected chi connectivity index (χ3v) is 6.04. The van der Waals surface area contributed by atoms with E-state index in [0.717, 1.165) is 35.9 Å². The smallest absolute Gasteiger partial charge is 0.229 e. The Morgan fingerprint density at radius 1 is 1.13 bits per heavy atom. The Balaban J connectivity index is 1.41. The number of methoxy groups -OCH3 is 1. The lowest BCUT2D eigenvalue weighted by atomic mass is 10.1. The summed E-state index contributed by atoms with van der Waals surface area (Å²) in [6.07, 6.45) is 1.42. The molecule has 2 fully saturated rings. The summed E-state index contributed by atoms with van der Waals surface area (Å²) in [5, 5.41) is 2.98. The summed E-state index contributed by atoms with van der Waals surface area (Å²) >= 11 is 0. The summed E-state index contributed by atoms with van der Waals surface area (Å²) in [7, 11) is 1.59. The van der Waals surface area contributed by atoms with Crippen LogP contribution in [0.3, 0.4) is 0 Å². The molecule has 30 heavy (non-hydrogen) atoms. The van der Waals surface area contributed by atoms with Gasteiger partial charge < -0.3 is 19.9 Å². The molecule has 2 aliphatic rings. The fourth-order valence-electron chi connectivity index (χ4n) is 4.30. The zero-order valence-corrected chi connectivity index (χ0v) is 17.9. The third kappa shape index (κ3) is 4.13. The molecular weight excluding hydrogens is 378 g/mol. The average Bonchev–Trinajstić information content (AvgIpc) is 3.34. The predicted octanol–water partition coefficient (Wildman–Crippen LogP) is 3.84. The van der Waals surface area contributed by atoms with Gasteiger partial charge in [-0.05, 0) is 61.2 Å². The van der Waals surface area contributed by atoms with Crippen molar-refractivity contribution < 1.29 is 14.3 Å². The number of nitrogens with zero attached hydrogens (tertiary/aromatic N) is 2. The molecule has 2 heterocycles. The van der Waals surface area contributed by atoms with Crippen molar-refractivity contribution in [1.29, 1.82) is 0 Å². The average molecular weight is 408 g/mol. The van der Waals surface area contributed by atoms with Gasteiger partial charge in [-0.25, -0.2) is 0 Å². The predicted molar refractivity (Wildman–Crippen MR) is 119 cm³/mol. The number of aryl methyl sites for hydroxylation is 1. The molecule has 2 amide bonds. The van der Waals surface area contributed by atoms with Crippen molar-refractivity contribution in [1.82, 2.24) is 0 Å². The highest BCUT2D eigenvalue weighted by atomic mass is 16.5. The van der Waals surface area contributed by atoms with Crippen LogP contribution >= 0.6 is 0 Å². The van der Waals surface area contributed by atoms with E-state index < -0.39 is 0 Å². The van der Waals surface area contributed by atoms with Crippen LogP contribution < -0.4 is 19.9 Å². The highest BCUT2D eigenvalue weighted by molar-refractivity contribution is 6.04. The number of hydrogen-bond donors (Lipinski definition) is 1. The molecule has 1 N–H and O–H groups in total. The normalized spacial score (nSPS) is 21.2. The number of ether oxygens (including phenoxy) is 1. The Hall–Kier alpha value is -3.02. The number of rotatable bonds is 5. The van der Waals surface area contributed by atoms with Gasteiger partial charge in [0.25, 0.3) is 0 Å². The molecule has 2 aromatic carbocycles. The van der Waals surface area contributed by atoms with E-state index in [4.69, 9.17) is 4.74 Å². The van der Waals surface area contributed by atoms with Gasteiger partial charge in [0.2, 0.25) is 11.8 Å². The minimum Gasteiger partial charge on any atom is -0.495 e. The summed E-state index contributed by atoms with van der Waals surface area (Å²) in [5.41, 5.74) is 3.71. The van der Waals surface area contributed by atoms with Crippen molar-refractivity contribution in [2.75, 3.05) is 41.9 Å². The number of hydrogen-bond acceptors (Lipinski definition) is 4. The first-order chi connectivity index (χ1) is 14.4. The molecule has 0 spiro atoms. The van der Waals surface area contributed by atoms with Gasteiger partial charge in [0.1, 0.15) is 5.75 Å². The molecule has 0 saturated carbocycles. The number of benzene rings is 2. The fourth-order valence-corrected chi connectivity index (χ4v) is 4.30. The second-order valence-electron chi connectivity index (χ2n) is 8.46. The van der Waals surface area contributed by atoms with E-state index in [1.807, 2.05) is 37.3 Å². The zero-order chi connectivity index (χ0) is 21.3. The largest absolute Gasteiger partial charge is 0.495 e. The summed E-state index contributed by atoms with van der Waals surface area (Å²) in [6.45, 7) is 6.75. The van der Waals surface area contributed by atoms with Crippen LogP contribution in [0.5, 0.6) is 5.75 Å². The Kier molecular flexibility index (Phi) is 5.66. The van der Waals surface area contributed by atoms with Gasteiger partial charge in [0.05, 0.1) is 18.7 Å². The van der Waals surface area contributed by atoms with Crippen molar-refractivity contribution in [2.24, 2.45) is 11.8 Å². The number of carbonyl (C=O) groups is 2. The highest BCUT2D eigenvalue weighted by Crippen LogP contribution is 2.34. The van der Waals surface area contributed by atoms with E-state index in [-0.39, 0.29) is 24.2 Å². The second kappa shape index (κ2) is 8.38. The molecule has 0 radical (unpaired) electrons. The topological polar surface area (TPSA) is 61.9 Å². The van der Waals surface area contributed by atoms with Crippen molar-refractivity contribution in [2.45, 2.75) is 26.7 Å². The standard InChI is InChI=1S/C24H29N3O3/c1-16-4-9-22(30-3)21(12-16)27-15-18(13-23(27)28)24(29)25-19-5-7-20(8-6-19)26-11-10-17(2)14-26/h4-9,12,17-18H,10-11,13-15H2,1-3H3,(H,25,29). The van der Waals surface area contributed by atoms with Gasteiger partial charge in [-0.2, -0.15) is 0 Å². The molecule has 2 saturated heterocycles. The first-order valence-corrected chi connectivity index (χ1v) is 10.6. The van der Waals surface area contributed by atoms with Gasteiger partial charge in [-0.15, -0.1) is 0 Å². The summed E-state index contributed by atoms with van der Waals surface area (Å²) in [6, 6.07) is 13.7. The molecule has 2 aromatic rings. The van der Waals surface area contributed by atoms with Crippen LogP contribution in [0, 0.1) is 18.8 Å². The lowest BCUT2D eigenvalue weighted by Crippen LogP contribution is -2.28. The molecule has 158 valence electrons. The fraction of sp³-hybridized carbons (Fsp3) is 0.417. The van der Waals surface area contributed by atoms with Crippen LogP contribution in [0.1, 0.15) is 25.3 Å². The minimum atomic E-state index is -0.387. The summed E-state index contributed by atoms with van der Waals surface area (Å²) < 4.78 is 5.41. The number of amides is 2. The van der Waals surface area contributed by atoms with E-state index in [2.05, 4.69) is 29.3 Å². The van der Waals surface area contributed by atoms with Crippen LogP contribution in [0.25, 0.3) is 0 Å². The lowest BCUT2D eigenvalue weighted by molar-refractivity contribution is -0.122. The summed E-state index contributed by atoms with van der Waals surface area (Å²) in [4.78, 5) is 29.5. The Bertz CT molecular complexity index is 941. The molecule has 6 nitrogen and oxygen atoms in total. The maximum Gasteiger partial charge on any atom is 0.229 e. The molecule has 2 aliphatic heterocycles. The van der Waals surface area contributed by atoms with E-state index in [9.17, 15) is 9.59 Å². The second-order valence-corrected chi connectivity index (χ2v) is 8.46. The number of nitrogens with one attached hydrogen (secondary N) is 1. The zero-order valence-electron chi connectivity index (χ0n) is 17.9. The number of anilines is 3. The SMILES string of the molecule is COc1ccc(C)cc1N1CC(C(=O)Nc2ccc(N3CCC(C)C3)cc2)CC1=O. The van der Waals surface area contributed by atoms with Crippen LogP contribution in [0.15, 0.2) is 42.5 Å². The lowest BCUT2D eigenvalue weighted by Gasteiger charge is -2.20. The molecule has 4 rings (SSSR count). The van der Waals surface area contributed by atoms with Gasteiger partial charge in [-0.1, -0.05) is 13.0 Å². The Morgan fingerprint density at radius 2 is 1.90 bits per heavy atom. The van der Waals surface area contributed by atoms with Gasteiger partial charge in [0, 0.05) is 37.4 Å². The molecule has 2 atom stereocenters. The van der Waals surface area contributed by atoms with Crippen LogP contribution in [0.4, 0.5) is 17.1 Å². The minimum absolute atomic E-state index is 0.0578. The monoisotopic (exact) mass is 407 g/mol. The van der Waals surface area contributed by atoms with Crippen molar-refractivity contribution in [3.8, 4) is 5.75 Å². The maximum atomic E-state index is 12.8. The van der Waals surface area contributed by atoms with Crippen molar-refractivity contribution in [3.63, 3.8) is 0 Å². The molecular formula is C24H29N3O3. The van der Waals surface area contributed by atoms with Gasteiger partial charge >= 0.3 is 0 Å².